The molecular formula is C10H13ClMg. The zero-order chi connectivity index (χ0) is 7.23. The summed E-state index contributed by atoms with van der Waals surface area (Å²) < 4.78 is 0. The van der Waals surface area contributed by atoms with Crippen molar-refractivity contribution in [1.82, 2.24) is 0 Å². The molecule has 1 aromatic carbocycles. The molecule has 0 nitrogen and oxygen atoms in total. The molecule has 0 saturated heterocycles. The van der Waals surface area contributed by atoms with Gasteiger partial charge < -0.3 is 12.4 Å². The van der Waals surface area contributed by atoms with E-state index in [1.807, 2.05) is 12.1 Å². The first-order valence-electron chi connectivity index (χ1n) is 3.88. The Morgan fingerprint density at radius 3 is 2.33 bits per heavy atom. The van der Waals surface area contributed by atoms with Crippen LogP contribution in [0.25, 0.3) is 0 Å². The molecule has 1 rings (SSSR count). The molecule has 2 heteroatoms. The van der Waals surface area contributed by atoms with E-state index in [1.165, 1.54) is 24.8 Å². The Kier molecular flexibility index (Phi) is 11.5. The van der Waals surface area contributed by atoms with Crippen molar-refractivity contribution in [3.63, 3.8) is 0 Å². The maximum atomic E-state index is 3.01. The molecule has 0 atom stereocenters. The number of hydrogen-bond donors (Lipinski definition) is 0. The van der Waals surface area contributed by atoms with Crippen molar-refractivity contribution in [1.29, 1.82) is 0 Å². The molecule has 0 aromatic heterocycles. The average molecular weight is 193 g/mol. The Labute approximate surface area is 97.3 Å². The van der Waals surface area contributed by atoms with E-state index in [-0.39, 0.29) is 35.5 Å². The van der Waals surface area contributed by atoms with Crippen LogP contribution in [0, 0.1) is 6.07 Å². The van der Waals surface area contributed by atoms with Gasteiger partial charge in [-0.1, -0.05) is 26.2 Å². The molecule has 12 heavy (non-hydrogen) atoms. The Morgan fingerprint density at radius 2 is 1.83 bits per heavy atom. The fourth-order valence-electron chi connectivity index (χ4n) is 0.969. The van der Waals surface area contributed by atoms with Crippen LogP contribution in [0.3, 0.4) is 0 Å². The van der Waals surface area contributed by atoms with Crippen LogP contribution in [-0.4, -0.2) is 23.1 Å². The van der Waals surface area contributed by atoms with E-state index in [4.69, 9.17) is 0 Å². The first-order chi connectivity index (χ1) is 4.93. The summed E-state index contributed by atoms with van der Waals surface area (Å²) in [6.45, 7) is 2.22. The number of halogens is 1. The summed E-state index contributed by atoms with van der Waals surface area (Å²) in [5.74, 6) is 0. The van der Waals surface area contributed by atoms with E-state index in [9.17, 15) is 0 Å². The number of unbranched alkanes of at least 4 members (excludes halogenated alkanes) is 1. The van der Waals surface area contributed by atoms with Crippen molar-refractivity contribution in [3.8, 4) is 0 Å². The second-order valence-corrected chi connectivity index (χ2v) is 2.51. The van der Waals surface area contributed by atoms with Crippen LogP contribution in [0.2, 0.25) is 0 Å². The second kappa shape index (κ2) is 9.36. The Balaban J connectivity index is 0. The summed E-state index contributed by atoms with van der Waals surface area (Å²) in [6.07, 6.45) is 3.79. The van der Waals surface area contributed by atoms with Gasteiger partial charge in [-0.15, -0.1) is 0 Å². The van der Waals surface area contributed by atoms with Crippen molar-refractivity contribution < 1.29 is 12.4 Å². The first kappa shape index (κ1) is 14.8. The topological polar surface area (TPSA) is 0 Å². The molecule has 0 unspecified atom stereocenters. The molecule has 62 valence electrons. The van der Waals surface area contributed by atoms with Gasteiger partial charge in [0.15, 0.2) is 0 Å². The molecule has 0 aliphatic carbocycles. The summed E-state index contributed by atoms with van der Waals surface area (Å²) in [5.41, 5.74) is 1.43. The molecule has 0 saturated carbocycles. The van der Waals surface area contributed by atoms with E-state index in [0.29, 0.717) is 0 Å². The molecular weight excluding hydrogens is 180 g/mol. The molecule has 0 bridgehead atoms. The van der Waals surface area contributed by atoms with E-state index in [0.717, 1.165) is 0 Å². The SMILES string of the molecule is CCCCc1cc[c-]cc1.[Cl-].[Mg+2]. The van der Waals surface area contributed by atoms with Crippen molar-refractivity contribution in [2.45, 2.75) is 26.2 Å². The van der Waals surface area contributed by atoms with Gasteiger partial charge in [-0.3, -0.25) is 0 Å². The standard InChI is InChI=1S/C10H13.ClH.Mg/c1-2-3-7-10-8-5-4-6-9-10;;/h5-6,8-9H,2-3,7H2,1H3;1H;/q-1;;+2/p-1. The third kappa shape index (κ3) is 5.87. The Hall–Kier alpha value is 0.276. The van der Waals surface area contributed by atoms with Crippen molar-refractivity contribution in [2.24, 2.45) is 0 Å². The molecule has 0 fully saturated rings. The van der Waals surface area contributed by atoms with Gasteiger partial charge in [0.05, 0.1) is 0 Å². The molecule has 1 aromatic rings. The molecule has 0 heterocycles. The van der Waals surface area contributed by atoms with Crippen LogP contribution in [-0.2, 0) is 6.42 Å². The first-order valence-corrected chi connectivity index (χ1v) is 3.88. The third-order valence-electron chi connectivity index (χ3n) is 1.61. The summed E-state index contributed by atoms with van der Waals surface area (Å²) in [4.78, 5) is 0. The van der Waals surface area contributed by atoms with Gasteiger partial charge in [-0.2, -0.15) is 35.9 Å². The van der Waals surface area contributed by atoms with E-state index in [2.05, 4.69) is 25.1 Å². The predicted molar refractivity (Wildman–Crippen MR) is 49.6 cm³/mol. The van der Waals surface area contributed by atoms with Crippen molar-refractivity contribution >= 4 is 23.1 Å². The number of rotatable bonds is 3. The zero-order valence-electron chi connectivity index (χ0n) is 7.52. The van der Waals surface area contributed by atoms with E-state index in [1.54, 1.807) is 0 Å². The summed E-state index contributed by atoms with van der Waals surface area (Å²) in [6, 6.07) is 11.2. The molecule has 0 aliphatic heterocycles. The minimum atomic E-state index is 0. The van der Waals surface area contributed by atoms with Crippen LogP contribution in [0.15, 0.2) is 24.3 Å². The van der Waals surface area contributed by atoms with Crippen LogP contribution in [0.1, 0.15) is 25.3 Å². The average Bonchev–Trinajstić information content (AvgIpc) is 2.03. The van der Waals surface area contributed by atoms with E-state index >= 15 is 0 Å². The van der Waals surface area contributed by atoms with Crippen molar-refractivity contribution in [3.05, 3.63) is 35.9 Å². The normalized spacial score (nSPS) is 8.08. The Morgan fingerprint density at radius 1 is 1.25 bits per heavy atom. The predicted octanol–water partition coefficient (Wildman–Crippen LogP) is -0.547. The molecule has 0 amide bonds. The van der Waals surface area contributed by atoms with Gasteiger partial charge >= 0.3 is 23.1 Å². The largest absolute Gasteiger partial charge is 2.00 e. The minimum Gasteiger partial charge on any atom is -1.00 e. The molecule has 0 N–H and O–H groups in total. The van der Waals surface area contributed by atoms with Crippen LogP contribution in [0.4, 0.5) is 0 Å². The maximum absolute atomic E-state index is 3.01. The maximum Gasteiger partial charge on any atom is 2.00 e. The van der Waals surface area contributed by atoms with Gasteiger partial charge in [0.25, 0.3) is 0 Å². The van der Waals surface area contributed by atoms with Gasteiger partial charge in [0, 0.05) is 0 Å². The van der Waals surface area contributed by atoms with E-state index < -0.39 is 0 Å². The van der Waals surface area contributed by atoms with Gasteiger partial charge in [0.1, 0.15) is 0 Å². The van der Waals surface area contributed by atoms with Gasteiger partial charge in [0.2, 0.25) is 0 Å². The number of benzene rings is 1. The summed E-state index contributed by atoms with van der Waals surface area (Å²) >= 11 is 0. The monoisotopic (exact) mass is 192 g/mol. The number of aryl methyl sites for hydroxylation is 1. The van der Waals surface area contributed by atoms with Gasteiger partial charge in [-0.25, -0.2) is 0 Å². The zero-order valence-corrected chi connectivity index (χ0v) is 9.69. The smallest absolute Gasteiger partial charge is 1.00 e. The molecule has 0 spiro atoms. The second-order valence-electron chi connectivity index (χ2n) is 2.51. The van der Waals surface area contributed by atoms with Crippen LogP contribution >= 0.6 is 0 Å². The summed E-state index contributed by atoms with van der Waals surface area (Å²) in [5, 5.41) is 0. The third-order valence-corrected chi connectivity index (χ3v) is 1.61. The fraction of sp³-hybridized carbons (Fsp3) is 0.400. The quantitative estimate of drug-likeness (QED) is 0.446. The van der Waals surface area contributed by atoms with Crippen LogP contribution in [0.5, 0.6) is 0 Å². The minimum absolute atomic E-state index is 0. The summed E-state index contributed by atoms with van der Waals surface area (Å²) in [7, 11) is 0. The number of hydrogen-bond acceptors (Lipinski definition) is 0. The molecule has 0 aliphatic rings. The van der Waals surface area contributed by atoms with Crippen LogP contribution < -0.4 is 12.4 Å². The Bertz CT molecular complexity index is 174. The van der Waals surface area contributed by atoms with Gasteiger partial charge in [-0.05, 0) is 0 Å². The molecule has 0 radical (unpaired) electrons. The van der Waals surface area contributed by atoms with Crippen molar-refractivity contribution in [2.75, 3.05) is 0 Å². The fourth-order valence-corrected chi connectivity index (χ4v) is 0.969.